The summed E-state index contributed by atoms with van der Waals surface area (Å²) in [6.45, 7) is 3.06. The van der Waals surface area contributed by atoms with Gasteiger partial charge in [0, 0.05) is 4.91 Å². The maximum absolute atomic E-state index is 11.8. The van der Waals surface area contributed by atoms with Gasteiger partial charge in [-0.1, -0.05) is 36.0 Å². The molecule has 1 aromatic rings. The van der Waals surface area contributed by atoms with Crippen molar-refractivity contribution in [2.45, 2.75) is 12.1 Å². The Hall–Kier alpha value is -2.30. The summed E-state index contributed by atoms with van der Waals surface area (Å²) >= 11 is 0. The number of nitrogens with zero attached hydrogens (tertiary/aromatic N) is 3. The molecule has 0 saturated carbocycles. The van der Waals surface area contributed by atoms with Crippen molar-refractivity contribution in [3.63, 3.8) is 0 Å². The van der Waals surface area contributed by atoms with Gasteiger partial charge in [-0.05, 0) is 17.7 Å². The fourth-order valence-electron chi connectivity index (χ4n) is 1.32. The number of benzene rings is 1. The van der Waals surface area contributed by atoms with E-state index in [-0.39, 0.29) is 0 Å². The average Bonchev–Trinajstić information content (AvgIpc) is 2.43. The Morgan fingerprint density at radius 2 is 2.22 bits per heavy atom. The van der Waals surface area contributed by atoms with Crippen LogP contribution in [0.3, 0.4) is 0 Å². The minimum atomic E-state index is -0.875. The molecule has 0 amide bonds. The first-order chi connectivity index (χ1) is 8.72. The van der Waals surface area contributed by atoms with Gasteiger partial charge in [0.2, 0.25) is 0 Å². The number of carbonyl (C=O) groups excluding carboxylic acids is 1. The van der Waals surface area contributed by atoms with Gasteiger partial charge in [-0.3, -0.25) is 0 Å². The molecular weight excluding hydrogens is 234 g/mol. The molecule has 0 bridgehead atoms. The molecule has 0 radical (unpaired) electrons. The van der Waals surface area contributed by atoms with Crippen LogP contribution >= 0.6 is 0 Å². The molecule has 0 saturated heterocycles. The van der Waals surface area contributed by atoms with Gasteiger partial charge in [0.1, 0.15) is 12.1 Å². The normalized spacial score (nSPS) is 12.9. The maximum Gasteiger partial charge on any atom is 0.338 e. The highest BCUT2D eigenvalue weighted by molar-refractivity contribution is 5.89. The molecule has 0 heterocycles. The second-order valence-corrected chi connectivity index (χ2v) is 3.43. The van der Waals surface area contributed by atoms with Gasteiger partial charge in [-0.25, -0.2) is 4.79 Å². The number of rotatable bonds is 6. The van der Waals surface area contributed by atoms with Gasteiger partial charge in [-0.2, -0.15) is 0 Å². The zero-order chi connectivity index (χ0) is 13.4. The van der Waals surface area contributed by atoms with E-state index in [9.17, 15) is 4.79 Å². The molecule has 0 aromatic heterocycles. The van der Waals surface area contributed by atoms with Crippen LogP contribution in [0.5, 0.6) is 0 Å². The Labute approximate surface area is 104 Å². The Balaban J connectivity index is 2.77. The van der Waals surface area contributed by atoms with Gasteiger partial charge >= 0.3 is 5.97 Å². The summed E-state index contributed by atoms with van der Waals surface area (Å²) in [5.41, 5.74) is 8.71. The molecule has 94 valence electrons. The number of hydrogen-bond donors (Lipinski definition) is 1. The summed E-state index contributed by atoms with van der Waals surface area (Å²) in [4.78, 5) is 14.3. The quantitative estimate of drug-likeness (QED) is 0.274. The molecule has 0 fully saturated rings. The second kappa shape index (κ2) is 7.11. The average molecular weight is 247 g/mol. The lowest BCUT2D eigenvalue weighted by molar-refractivity contribution is 0.0305. The molecule has 0 aliphatic heterocycles. The van der Waals surface area contributed by atoms with Crippen molar-refractivity contribution in [1.82, 2.24) is 0 Å². The van der Waals surface area contributed by atoms with E-state index < -0.39 is 24.7 Å². The van der Waals surface area contributed by atoms with Gasteiger partial charge in [-0.15, -0.1) is 0 Å². The van der Waals surface area contributed by atoms with Crippen LogP contribution in [0.1, 0.15) is 10.4 Å². The third kappa shape index (κ3) is 3.62. The highest BCUT2D eigenvalue weighted by Gasteiger charge is 2.21. The van der Waals surface area contributed by atoms with Gasteiger partial charge in [0.15, 0.2) is 0 Å². The van der Waals surface area contributed by atoms with Crippen molar-refractivity contribution in [3.05, 3.63) is 59.0 Å². The molecule has 6 nitrogen and oxygen atoms in total. The molecule has 0 unspecified atom stereocenters. The Morgan fingerprint density at radius 1 is 1.56 bits per heavy atom. The zero-order valence-electron chi connectivity index (χ0n) is 9.64. The molecule has 18 heavy (non-hydrogen) atoms. The van der Waals surface area contributed by atoms with Crippen LogP contribution in [-0.4, -0.2) is 29.8 Å². The Kier molecular flexibility index (Phi) is 5.44. The monoisotopic (exact) mass is 247 g/mol. The van der Waals surface area contributed by atoms with Crippen molar-refractivity contribution in [1.29, 1.82) is 0 Å². The van der Waals surface area contributed by atoms with Crippen molar-refractivity contribution in [3.8, 4) is 0 Å². The first-order valence-electron chi connectivity index (χ1n) is 5.26. The van der Waals surface area contributed by atoms with Gasteiger partial charge in [0.25, 0.3) is 0 Å². The van der Waals surface area contributed by atoms with Crippen LogP contribution in [0.2, 0.25) is 0 Å². The van der Waals surface area contributed by atoms with Crippen LogP contribution in [0.25, 0.3) is 10.4 Å². The largest absolute Gasteiger partial charge is 0.454 e. The minimum absolute atomic E-state index is 0.377. The van der Waals surface area contributed by atoms with E-state index in [4.69, 9.17) is 15.4 Å². The summed E-state index contributed by atoms with van der Waals surface area (Å²) in [6, 6.07) is 7.51. The minimum Gasteiger partial charge on any atom is -0.454 e. The Morgan fingerprint density at radius 3 is 2.72 bits per heavy atom. The van der Waals surface area contributed by atoms with Crippen molar-refractivity contribution >= 4 is 5.97 Å². The molecule has 0 spiro atoms. The summed E-state index contributed by atoms with van der Waals surface area (Å²) in [5.74, 6) is -0.563. The number of ether oxygens (including phenoxy) is 1. The van der Waals surface area contributed by atoms with Crippen LogP contribution < -0.4 is 0 Å². The standard InChI is InChI=1S/C12H13N3O3/c1-2-11(10(8-16)14-15-13)18-12(17)9-6-4-3-5-7-9/h2-7,10-11,16H,1,8H2/t10-,11+/m0/s1. The fraction of sp³-hybridized carbons (Fsp3) is 0.250. The van der Waals surface area contributed by atoms with Gasteiger partial charge < -0.3 is 9.84 Å². The second-order valence-electron chi connectivity index (χ2n) is 3.43. The van der Waals surface area contributed by atoms with Gasteiger partial charge in [0.05, 0.1) is 12.2 Å². The summed E-state index contributed by atoms with van der Waals surface area (Å²) in [7, 11) is 0. The van der Waals surface area contributed by atoms with E-state index in [0.29, 0.717) is 5.56 Å². The lowest BCUT2D eigenvalue weighted by Gasteiger charge is -2.18. The fourth-order valence-corrected chi connectivity index (χ4v) is 1.32. The number of aliphatic hydroxyl groups is 1. The van der Waals surface area contributed by atoms with E-state index in [1.165, 1.54) is 6.08 Å². The number of azide groups is 1. The third-order valence-electron chi connectivity index (χ3n) is 2.25. The summed E-state index contributed by atoms with van der Waals surface area (Å²) in [6.07, 6.45) is 0.453. The van der Waals surface area contributed by atoms with Crippen LogP contribution in [-0.2, 0) is 4.74 Å². The lowest BCUT2D eigenvalue weighted by atomic mass is 10.1. The van der Waals surface area contributed by atoms with Crippen LogP contribution in [0.4, 0.5) is 0 Å². The lowest BCUT2D eigenvalue weighted by Crippen LogP contribution is -2.30. The molecule has 1 aromatic carbocycles. The highest BCUT2D eigenvalue weighted by atomic mass is 16.5. The molecule has 1 N–H and O–H groups in total. The van der Waals surface area contributed by atoms with Crippen LogP contribution in [0, 0.1) is 0 Å². The first kappa shape index (κ1) is 13.8. The van der Waals surface area contributed by atoms with E-state index >= 15 is 0 Å². The van der Waals surface area contributed by atoms with E-state index in [1.54, 1.807) is 30.3 Å². The van der Waals surface area contributed by atoms with Crippen molar-refractivity contribution < 1.29 is 14.6 Å². The number of esters is 1. The number of hydrogen-bond acceptors (Lipinski definition) is 4. The molecular formula is C12H13N3O3. The summed E-state index contributed by atoms with van der Waals surface area (Å²) in [5, 5.41) is 12.4. The predicted octanol–water partition coefficient (Wildman–Crippen LogP) is 2.07. The smallest absolute Gasteiger partial charge is 0.338 e. The van der Waals surface area contributed by atoms with Crippen LogP contribution in [0.15, 0.2) is 48.1 Å². The van der Waals surface area contributed by atoms with E-state index in [1.807, 2.05) is 0 Å². The molecule has 0 aliphatic carbocycles. The number of aliphatic hydroxyl groups excluding tert-OH is 1. The number of carbonyl (C=O) groups is 1. The molecule has 0 aliphatic rings. The predicted molar refractivity (Wildman–Crippen MR) is 65.9 cm³/mol. The Bertz CT molecular complexity index is 455. The van der Waals surface area contributed by atoms with Crippen molar-refractivity contribution in [2.24, 2.45) is 5.11 Å². The first-order valence-corrected chi connectivity index (χ1v) is 5.26. The van der Waals surface area contributed by atoms with Crippen molar-refractivity contribution in [2.75, 3.05) is 6.61 Å². The highest BCUT2D eigenvalue weighted by Crippen LogP contribution is 2.10. The van der Waals surface area contributed by atoms with E-state index in [2.05, 4.69) is 16.6 Å². The van der Waals surface area contributed by atoms with E-state index in [0.717, 1.165) is 0 Å². The summed E-state index contributed by atoms with van der Waals surface area (Å²) < 4.78 is 5.11. The third-order valence-corrected chi connectivity index (χ3v) is 2.25. The molecule has 6 heteroatoms. The maximum atomic E-state index is 11.8. The topological polar surface area (TPSA) is 95.3 Å². The SMILES string of the molecule is C=C[C@@H](OC(=O)c1ccccc1)[C@H](CO)N=[N+]=[N-]. The molecule has 1 rings (SSSR count). The molecule has 2 atom stereocenters. The zero-order valence-corrected chi connectivity index (χ0v) is 9.64.